The Labute approximate surface area is 119 Å². The number of nitrogens with zero attached hydrogens (tertiary/aromatic N) is 2. The average Bonchev–Trinajstić information content (AvgIpc) is 2.72. The molecule has 1 aromatic heterocycles. The normalized spacial score (nSPS) is 13.6. The van der Waals surface area contributed by atoms with Gasteiger partial charge in [0.2, 0.25) is 0 Å². The predicted octanol–water partition coefficient (Wildman–Crippen LogP) is 3.80. The molecule has 20 heavy (non-hydrogen) atoms. The van der Waals surface area contributed by atoms with Crippen molar-refractivity contribution >= 4 is 11.5 Å². The molecule has 0 saturated carbocycles. The Bertz CT molecular complexity index is 714. The lowest BCUT2D eigenvalue weighted by atomic mass is 10.1. The molecular weight excluding hydrogens is 246 g/mol. The molecule has 1 aromatic carbocycles. The molecule has 1 aliphatic carbocycles. The summed E-state index contributed by atoms with van der Waals surface area (Å²) in [5.74, 6) is 1.72. The SMILES string of the molecule is CC1=C(Nc2nc(C)nc(C)c2C)c2ccccc2C1. The molecule has 0 radical (unpaired) electrons. The third-order valence-electron chi connectivity index (χ3n) is 3.91. The standard InChI is InChI=1S/C17H19N3/c1-10-9-14-7-5-6-8-15(14)16(10)20-17-11(2)12(3)18-13(4)19-17/h5-8H,9H2,1-4H3,(H,18,19,20). The van der Waals surface area contributed by atoms with Gasteiger partial charge in [-0.05, 0) is 45.3 Å². The van der Waals surface area contributed by atoms with Crippen LogP contribution in [0.5, 0.6) is 0 Å². The maximum atomic E-state index is 4.55. The van der Waals surface area contributed by atoms with Crippen LogP contribution in [0.3, 0.4) is 0 Å². The van der Waals surface area contributed by atoms with Gasteiger partial charge in [0.25, 0.3) is 0 Å². The third-order valence-corrected chi connectivity index (χ3v) is 3.91. The fraction of sp³-hybridized carbons (Fsp3) is 0.294. The van der Waals surface area contributed by atoms with E-state index in [1.54, 1.807) is 0 Å². The minimum atomic E-state index is 0.806. The number of fused-ring (bicyclic) bond motifs is 1. The first-order valence-electron chi connectivity index (χ1n) is 6.93. The van der Waals surface area contributed by atoms with E-state index in [0.717, 1.165) is 29.3 Å². The summed E-state index contributed by atoms with van der Waals surface area (Å²) in [4.78, 5) is 8.95. The number of anilines is 1. The van der Waals surface area contributed by atoms with Crippen molar-refractivity contribution in [1.29, 1.82) is 0 Å². The summed E-state index contributed by atoms with van der Waals surface area (Å²) in [5.41, 5.74) is 7.37. The fourth-order valence-corrected chi connectivity index (χ4v) is 2.71. The van der Waals surface area contributed by atoms with Crippen molar-refractivity contribution in [2.75, 3.05) is 5.32 Å². The summed E-state index contributed by atoms with van der Waals surface area (Å²) in [6.45, 7) is 8.20. The van der Waals surface area contributed by atoms with Crippen LogP contribution in [-0.2, 0) is 6.42 Å². The van der Waals surface area contributed by atoms with Crippen LogP contribution in [-0.4, -0.2) is 9.97 Å². The molecule has 0 saturated heterocycles. The van der Waals surface area contributed by atoms with Crippen molar-refractivity contribution in [3.63, 3.8) is 0 Å². The lowest BCUT2D eigenvalue weighted by Gasteiger charge is -2.14. The number of hydrogen-bond acceptors (Lipinski definition) is 3. The molecule has 3 nitrogen and oxygen atoms in total. The summed E-state index contributed by atoms with van der Waals surface area (Å²) in [7, 11) is 0. The minimum Gasteiger partial charge on any atom is -0.339 e. The average molecular weight is 265 g/mol. The monoisotopic (exact) mass is 265 g/mol. The number of aryl methyl sites for hydroxylation is 2. The Morgan fingerprint density at radius 3 is 2.55 bits per heavy atom. The fourth-order valence-electron chi connectivity index (χ4n) is 2.71. The van der Waals surface area contributed by atoms with Crippen molar-refractivity contribution in [2.45, 2.75) is 34.1 Å². The van der Waals surface area contributed by atoms with Crippen LogP contribution in [0.25, 0.3) is 5.70 Å². The highest BCUT2D eigenvalue weighted by atomic mass is 15.0. The van der Waals surface area contributed by atoms with E-state index in [9.17, 15) is 0 Å². The molecular formula is C17H19N3. The van der Waals surface area contributed by atoms with Gasteiger partial charge < -0.3 is 5.32 Å². The molecule has 3 heteroatoms. The molecule has 1 aliphatic rings. The van der Waals surface area contributed by atoms with Crippen molar-refractivity contribution < 1.29 is 0 Å². The Kier molecular flexibility index (Phi) is 3.05. The summed E-state index contributed by atoms with van der Waals surface area (Å²) < 4.78 is 0. The van der Waals surface area contributed by atoms with E-state index in [-0.39, 0.29) is 0 Å². The number of hydrogen-bond donors (Lipinski definition) is 1. The molecule has 0 bridgehead atoms. The Morgan fingerprint density at radius 1 is 1.00 bits per heavy atom. The largest absolute Gasteiger partial charge is 0.339 e. The van der Waals surface area contributed by atoms with Gasteiger partial charge in [-0.3, -0.25) is 0 Å². The first-order valence-corrected chi connectivity index (χ1v) is 6.93. The van der Waals surface area contributed by atoms with Gasteiger partial charge >= 0.3 is 0 Å². The molecule has 1 heterocycles. The van der Waals surface area contributed by atoms with Crippen molar-refractivity contribution in [3.05, 3.63) is 58.0 Å². The maximum Gasteiger partial charge on any atom is 0.137 e. The van der Waals surface area contributed by atoms with Crippen molar-refractivity contribution in [2.24, 2.45) is 0 Å². The molecule has 102 valence electrons. The van der Waals surface area contributed by atoms with E-state index < -0.39 is 0 Å². The van der Waals surface area contributed by atoms with Crippen LogP contribution >= 0.6 is 0 Å². The molecule has 0 amide bonds. The highest BCUT2D eigenvalue weighted by Gasteiger charge is 2.19. The van der Waals surface area contributed by atoms with E-state index in [1.807, 2.05) is 13.8 Å². The minimum absolute atomic E-state index is 0.806. The molecule has 2 aromatic rings. The molecule has 3 rings (SSSR count). The Morgan fingerprint density at radius 2 is 1.75 bits per heavy atom. The van der Waals surface area contributed by atoms with E-state index in [0.29, 0.717) is 0 Å². The van der Waals surface area contributed by atoms with Gasteiger partial charge in [-0.25, -0.2) is 9.97 Å². The van der Waals surface area contributed by atoms with E-state index >= 15 is 0 Å². The molecule has 0 unspecified atom stereocenters. The van der Waals surface area contributed by atoms with Gasteiger partial charge in [0.05, 0.1) is 0 Å². The van der Waals surface area contributed by atoms with Gasteiger partial charge in [0.15, 0.2) is 0 Å². The van der Waals surface area contributed by atoms with Crippen LogP contribution in [0, 0.1) is 20.8 Å². The van der Waals surface area contributed by atoms with Crippen molar-refractivity contribution in [1.82, 2.24) is 9.97 Å². The first kappa shape index (κ1) is 12.9. The number of nitrogens with one attached hydrogen (secondary N) is 1. The number of allylic oxidation sites excluding steroid dienone is 1. The van der Waals surface area contributed by atoms with Crippen molar-refractivity contribution in [3.8, 4) is 0 Å². The summed E-state index contributed by atoms with van der Waals surface area (Å²) in [6, 6.07) is 8.54. The van der Waals surface area contributed by atoms with Gasteiger partial charge in [0, 0.05) is 22.5 Å². The highest BCUT2D eigenvalue weighted by molar-refractivity contribution is 5.83. The second kappa shape index (κ2) is 4.75. The lowest BCUT2D eigenvalue weighted by Crippen LogP contribution is -2.06. The zero-order chi connectivity index (χ0) is 14.3. The van der Waals surface area contributed by atoms with Gasteiger partial charge in [-0.1, -0.05) is 24.3 Å². The smallest absolute Gasteiger partial charge is 0.137 e. The molecule has 0 aliphatic heterocycles. The zero-order valence-electron chi connectivity index (χ0n) is 12.4. The van der Waals surface area contributed by atoms with E-state index in [1.165, 1.54) is 22.4 Å². The lowest BCUT2D eigenvalue weighted by molar-refractivity contribution is 0.991. The number of aromatic nitrogens is 2. The van der Waals surface area contributed by atoms with E-state index in [4.69, 9.17) is 0 Å². The van der Waals surface area contributed by atoms with Crippen LogP contribution < -0.4 is 5.32 Å². The number of benzene rings is 1. The van der Waals surface area contributed by atoms with Crippen LogP contribution in [0.4, 0.5) is 5.82 Å². The van der Waals surface area contributed by atoms with E-state index in [2.05, 4.69) is 53.4 Å². The quantitative estimate of drug-likeness (QED) is 0.897. The summed E-state index contributed by atoms with van der Waals surface area (Å²) in [5, 5.41) is 3.53. The number of rotatable bonds is 2. The Balaban J connectivity index is 2.02. The molecule has 0 atom stereocenters. The van der Waals surface area contributed by atoms with Crippen LogP contribution in [0.15, 0.2) is 29.8 Å². The molecule has 1 N–H and O–H groups in total. The molecule has 0 fully saturated rings. The van der Waals surface area contributed by atoms with Crippen LogP contribution in [0.1, 0.15) is 35.1 Å². The zero-order valence-corrected chi connectivity index (χ0v) is 12.4. The topological polar surface area (TPSA) is 37.8 Å². The van der Waals surface area contributed by atoms with Gasteiger partial charge in [0.1, 0.15) is 11.6 Å². The van der Waals surface area contributed by atoms with Crippen LogP contribution in [0.2, 0.25) is 0 Å². The van der Waals surface area contributed by atoms with Gasteiger partial charge in [-0.15, -0.1) is 0 Å². The third kappa shape index (κ3) is 2.09. The summed E-state index contributed by atoms with van der Waals surface area (Å²) >= 11 is 0. The first-order chi connectivity index (χ1) is 9.56. The second-order valence-electron chi connectivity index (χ2n) is 5.44. The highest BCUT2D eigenvalue weighted by Crippen LogP contribution is 2.33. The second-order valence-corrected chi connectivity index (χ2v) is 5.44. The summed E-state index contributed by atoms with van der Waals surface area (Å²) in [6.07, 6.45) is 1.01. The van der Waals surface area contributed by atoms with Gasteiger partial charge in [-0.2, -0.15) is 0 Å². The predicted molar refractivity (Wildman–Crippen MR) is 82.6 cm³/mol. The maximum absolute atomic E-state index is 4.55. The Hall–Kier alpha value is -2.16. The molecule has 0 spiro atoms.